The van der Waals surface area contributed by atoms with E-state index in [4.69, 9.17) is 0 Å². The van der Waals surface area contributed by atoms with Gasteiger partial charge in [0, 0.05) is 59.2 Å². The quantitative estimate of drug-likeness (QED) is 0.601. The molecule has 0 bridgehead atoms. The van der Waals surface area contributed by atoms with Crippen molar-refractivity contribution in [1.29, 1.82) is 0 Å². The first kappa shape index (κ1) is 20.8. The number of rotatable bonds is 3. The van der Waals surface area contributed by atoms with Gasteiger partial charge in [-0.3, -0.25) is 28.8 Å². The third-order valence-electron chi connectivity index (χ3n) is 5.69. The summed E-state index contributed by atoms with van der Waals surface area (Å²) < 4.78 is 1.53. The predicted octanol–water partition coefficient (Wildman–Crippen LogP) is -1.57. The summed E-state index contributed by atoms with van der Waals surface area (Å²) in [6.07, 6.45) is 2.90. The molecule has 2 fully saturated rings. The van der Waals surface area contributed by atoms with Crippen LogP contribution in [-0.4, -0.2) is 93.1 Å². The van der Waals surface area contributed by atoms with Crippen LogP contribution in [0, 0.1) is 0 Å². The number of likely N-dealkylation sites (tertiary alicyclic amines) is 1. The number of carbonyl (C=O) groups excluding carboxylic acids is 3. The Kier molecular flexibility index (Phi) is 5.87. The number of aromatic nitrogens is 4. The Balaban J connectivity index is 1.53. The zero-order valence-electron chi connectivity index (χ0n) is 17.5. The van der Waals surface area contributed by atoms with Crippen LogP contribution in [0.5, 0.6) is 0 Å². The molecule has 0 saturated carbocycles. The minimum Gasteiger partial charge on any atom is -0.354 e. The second kappa shape index (κ2) is 8.74. The maximum atomic E-state index is 12.8. The van der Waals surface area contributed by atoms with Gasteiger partial charge in [-0.05, 0) is 6.42 Å². The van der Waals surface area contributed by atoms with E-state index in [1.165, 1.54) is 10.9 Å². The number of nitrogens with one attached hydrogen (secondary N) is 2. The van der Waals surface area contributed by atoms with Gasteiger partial charge in [-0.1, -0.05) is 0 Å². The van der Waals surface area contributed by atoms with Crippen LogP contribution in [0.25, 0.3) is 11.0 Å². The van der Waals surface area contributed by atoms with E-state index in [1.54, 1.807) is 16.8 Å². The van der Waals surface area contributed by atoms with Gasteiger partial charge in [-0.2, -0.15) is 10.1 Å². The van der Waals surface area contributed by atoms with Crippen LogP contribution >= 0.6 is 0 Å². The maximum absolute atomic E-state index is 12.8. The molecular weight excluding hydrogens is 404 g/mol. The molecule has 0 aliphatic carbocycles. The van der Waals surface area contributed by atoms with Gasteiger partial charge in [-0.25, -0.2) is 0 Å². The van der Waals surface area contributed by atoms with Gasteiger partial charge in [-0.15, -0.1) is 0 Å². The van der Waals surface area contributed by atoms with Crippen molar-refractivity contribution in [3.63, 3.8) is 0 Å². The van der Waals surface area contributed by atoms with Gasteiger partial charge in [0.05, 0.1) is 12.7 Å². The summed E-state index contributed by atoms with van der Waals surface area (Å²) >= 11 is 0. The van der Waals surface area contributed by atoms with E-state index in [9.17, 15) is 19.2 Å². The van der Waals surface area contributed by atoms with E-state index < -0.39 is 0 Å². The average molecular weight is 430 g/mol. The van der Waals surface area contributed by atoms with Gasteiger partial charge >= 0.3 is 0 Å². The van der Waals surface area contributed by atoms with Crippen molar-refractivity contribution >= 4 is 34.7 Å². The lowest BCUT2D eigenvalue weighted by Crippen LogP contribution is -2.48. The number of hydrogen-bond acceptors (Lipinski definition) is 7. The van der Waals surface area contributed by atoms with Crippen LogP contribution in [0.2, 0.25) is 0 Å². The van der Waals surface area contributed by atoms with Gasteiger partial charge in [0.25, 0.3) is 5.56 Å². The summed E-state index contributed by atoms with van der Waals surface area (Å²) in [5, 5.41) is 7.30. The lowest BCUT2D eigenvalue weighted by atomic mass is 10.3. The minimum atomic E-state index is -0.297. The molecule has 2 aliphatic heterocycles. The molecule has 4 heterocycles. The van der Waals surface area contributed by atoms with E-state index in [0.717, 1.165) is 6.42 Å². The van der Waals surface area contributed by atoms with Crippen LogP contribution < -0.4 is 15.8 Å². The summed E-state index contributed by atoms with van der Waals surface area (Å²) in [4.78, 5) is 61.6. The fourth-order valence-electron chi connectivity index (χ4n) is 3.89. The number of aromatic amines is 1. The molecule has 2 aromatic heterocycles. The molecule has 12 heteroatoms. The summed E-state index contributed by atoms with van der Waals surface area (Å²) in [6, 6.07) is 0. The molecule has 0 aromatic carbocycles. The third-order valence-corrected chi connectivity index (χ3v) is 5.69. The molecule has 0 spiro atoms. The molecule has 166 valence electrons. The second-order valence-electron chi connectivity index (χ2n) is 7.78. The predicted molar refractivity (Wildman–Crippen MR) is 111 cm³/mol. The van der Waals surface area contributed by atoms with Crippen molar-refractivity contribution in [1.82, 2.24) is 34.9 Å². The fourth-order valence-corrected chi connectivity index (χ4v) is 3.89. The van der Waals surface area contributed by atoms with E-state index in [1.807, 2.05) is 4.90 Å². The highest BCUT2D eigenvalue weighted by molar-refractivity contribution is 5.86. The van der Waals surface area contributed by atoms with Crippen molar-refractivity contribution < 1.29 is 14.4 Å². The van der Waals surface area contributed by atoms with Crippen molar-refractivity contribution in [2.24, 2.45) is 7.05 Å². The van der Waals surface area contributed by atoms with E-state index in [2.05, 4.69) is 20.4 Å². The number of anilines is 1. The zero-order chi connectivity index (χ0) is 22.0. The summed E-state index contributed by atoms with van der Waals surface area (Å²) in [5.41, 5.74) is 0.162. The Morgan fingerprint density at radius 3 is 2.71 bits per heavy atom. The number of aryl methyl sites for hydroxylation is 1. The first-order valence-corrected chi connectivity index (χ1v) is 10.4. The molecular formula is C19H26N8O4. The fraction of sp³-hybridized carbons (Fsp3) is 0.579. The van der Waals surface area contributed by atoms with Gasteiger partial charge in [0.15, 0.2) is 5.65 Å². The SMILES string of the molecule is Cn1ncc2c(=O)[nH]c(N3CCNC(=O)CCN(C(=O)CN4CCCC4=O)CC3)nc21. The normalized spacial score (nSPS) is 18.5. The highest BCUT2D eigenvalue weighted by Crippen LogP contribution is 2.13. The Hall–Kier alpha value is -3.44. The van der Waals surface area contributed by atoms with Crippen LogP contribution in [-0.2, 0) is 21.4 Å². The topological polar surface area (TPSA) is 137 Å². The van der Waals surface area contributed by atoms with Crippen molar-refractivity contribution in [3.05, 3.63) is 16.6 Å². The summed E-state index contributed by atoms with van der Waals surface area (Å²) in [7, 11) is 1.71. The largest absolute Gasteiger partial charge is 0.354 e. The third kappa shape index (κ3) is 4.52. The Labute approximate surface area is 178 Å². The lowest BCUT2D eigenvalue weighted by molar-refractivity contribution is -0.138. The number of nitrogens with zero attached hydrogens (tertiary/aromatic N) is 6. The second-order valence-corrected chi connectivity index (χ2v) is 7.78. The lowest BCUT2D eigenvalue weighted by Gasteiger charge is -2.30. The first-order chi connectivity index (χ1) is 14.9. The number of carbonyl (C=O) groups is 3. The molecule has 12 nitrogen and oxygen atoms in total. The number of H-pyrrole nitrogens is 1. The molecule has 2 saturated heterocycles. The molecule has 0 atom stereocenters. The first-order valence-electron chi connectivity index (χ1n) is 10.4. The monoisotopic (exact) mass is 430 g/mol. The molecule has 4 rings (SSSR count). The van der Waals surface area contributed by atoms with Crippen LogP contribution in [0.3, 0.4) is 0 Å². The Morgan fingerprint density at radius 1 is 1.10 bits per heavy atom. The van der Waals surface area contributed by atoms with E-state index in [-0.39, 0.29) is 42.8 Å². The molecule has 0 radical (unpaired) electrons. The minimum absolute atomic E-state index is 0.0139. The smallest absolute Gasteiger partial charge is 0.263 e. The number of fused-ring (bicyclic) bond motifs is 1. The van der Waals surface area contributed by atoms with Crippen molar-refractivity contribution in [2.75, 3.05) is 50.7 Å². The highest BCUT2D eigenvalue weighted by atomic mass is 16.2. The highest BCUT2D eigenvalue weighted by Gasteiger charge is 2.26. The standard InChI is InChI=1S/C19H26N8O4/c1-24-17-13(11-21-24)18(31)23-19(22-17)26-8-5-20-14(28)4-7-25(9-10-26)16(30)12-27-6-2-3-15(27)29/h11H,2-10,12H2,1H3,(H,20,28)(H,22,23,31). The van der Waals surface area contributed by atoms with Crippen LogP contribution in [0.15, 0.2) is 11.0 Å². The number of amides is 3. The molecule has 31 heavy (non-hydrogen) atoms. The maximum Gasteiger partial charge on any atom is 0.263 e. The molecule has 3 amide bonds. The van der Waals surface area contributed by atoms with Crippen molar-refractivity contribution in [3.8, 4) is 0 Å². The summed E-state index contributed by atoms with van der Waals surface area (Å²) in [5.74, 6) is 0.00522. The van der Waals surface area contributed by atoms with Crippen LogP contribution in [0.1, 0.15) is 19.3 Å². The summed E-state index contributed by atoms with van der Waals surface area (Å²) in [6.45, 7) is 2.46. The van der Waals surface area contributed by atoms with E-state index in [0.29, 0.717) is 56.1 Å². The van der Waals surface area contributed by atoms with Gasteiger partial charge < -0.3 is 20.0 Å². The zero-order valence-corrected chi connectivity index (χ0v) is 17.5. The average Bonchev–Trinajstić information content (AvgIpc) is 3.32. The van der Waals surface area contributed by atoms with Gasteiger partial charge in [0.1, 0.15) is 5.39 Å². The van der Waals surface area contributed by atoms with Gasteiger partial charge in [0.2, 0.25) is 23.7 Å². The Morgan fingerprint density at radius 2 is 1.94 bits per heavy atom. The molecule has 0 unspecified atom stereocenters. The Bertz CT molecular complexity index is 1060. The van der Waals surface area contributed by atoms with Crippen molar-refractivity contribution in [2.45, 2.75) is 19.3 Å². The molecule has 2 aromatic rings. The number of hydrogen-bond donors (Lipinski definition) is 2. The van der Waals surface area contributed by atoms with Crippen LogP contribution in [0.4, 0.5) is 5.95 Å². The van der Waals surface area contributed by atoms with E-state index >= 15 is 0 Å². The molecule has 2 N–H and O–H groups in total. The molecule has 2 aliphatic rings.